The quantitative estimate of drug-likeness (QED) is 0.732. The number of terminal acetylenes is 1. The minimum atomic E-state index is -0.397. The number of hydrogen-bond acceptors (Lipinski definition) is 2. The number of nitrogens with two attached hydrogens (primary N) is 1. The number of ether oxygens (including phenoxy) is 1. The third-order valence-electron chi connectivity index (χ3n) is 1.76. The topological polar surface area (TPSA) is 35.2 Å². The van der Waals surface area contributed by atoms with E-state index in [0.29, 0.717) is 13.0 Å². The lowest BCUT2D eigenvalue weighted by Gasteiger charge is -2.09. The van der Waals surface area contributed by atoms with Gasteiger partial charge >= 0.3 is 0 Å². The van der Waals surface area contributed by atoms with Crippen molar-refractivity contribution in [1.29, 1.82) is 0 Å². The largest absolute Gasteiger partial charge is 0.478 e. The molecule has 0 saturated carbocycles. The Hall–Kier alpha value is -1.53. The van der Waals surface area contributed by atoms with Gasteiger partial charge in [-0.25, -0.2) is 4.39 Å². The zero-order valence-electron chi connectivity index (χ0n) is 7.79. The van der Waals surface area contributed by atoms with Crippen molar-refractivity contribution in [1.82, 2.24) is 0 Å². The van der Waals surface area contributed by atoms with E-state index < -0.39 is 5.82 Å². The molecule has 0 spiro atoms. The molecule has 2 N–H and O–H groups in total. The van der Waals surface area contributed by atoms with Crippen molar-refractivity contribution < 1.29 is 9.13 Å². The standard InChI is InChI=1S/C11H12FNO/c1-2-8-14-11-9(6-7-13)4-3-5-10(11)12/h1,3-5H,6-8,13H2. The molecule has 0 aliphatic heterocycles. The predicted molar refractivity (Wildman–Crippen MR) is 53.5 cm³/mol. The van der Waals surface area contributed by atoms with Gasteiger partial charge in [-0.15, -0.1) is 6.42 Å². The van der Waals surface area contributed by atoms with E-state index in [1.807, 2.05) is 0 Å². The smallest absolute Gasteiger partial charge is 0.165 e. The van der Waals surface area contributed by atoms with E-state index in [2.05, 4.69) is 5.92 Å². The molecule has 0 unspecified atom stereocenters. The second kappa shape index (κ2) is 5.25. The van der Waals surface area contributed by atoms with Gasteiger partial charge in [-0.05, 0) is 24.6 Å². The number of halogens is 1. The summed E-state index contributed by atoms with van der Waals surface area (Å²) in [7, 11) is 0. The zero-order valence-corrected chi connectivity index (χ0v) is 7.79. The Kier molecular flexibility index (Phi) is 3.96. The number of hydrogen-bond donors (Lipinski definition) is 1. The molecule has 2 nitrogen and oxygen atoms in total. The van der Waals surface area contributed by atoms with E-state index in [1.54, 1.807) is 12.1 Å². The van der Waals surface area contributed by atoms with Gasteiger partial charge in [-0.2, -0.15) is 0 Å². The molecule has 0 aromatic heterocycles. The average molecular weight is 193 g/mol. The van der Waals surface area contributed by atoms with Crippen LogP contribution in [0.4, 0.5) is 4.39 Å². The summed E-state index contributed by atoms with van der Waals surface area (Å²) >= 11 is 0. The highest BCUT2D eigenvalue weighted by Crippen LogP contribution is 2.22. The minimum absolute atomic E-state index is 0.0680. The minimum Gasteiger partial charge on any atom is -0.478 e. The average Bonchev–Trinajstić information content (AvgIpc) is 2.18. The Morgan fingerprint density at radius 1 is 1.50 bits per heavy atom. The molecule has 0 radical (unpaired) electrons. The Morgan fingerprint density at radius 3 is 2.93 bits per heavy atom. The third kappa shape index (κ3) is 2.48. The van der Waals surface area contributed by atoms with Gasteiger partial charge in [-0.1, -0.05) is 18.1 Å². The molecule has 0 saturated heterocycles. The van der Waals surface area contributed by atoms with Crippen LogP contribution in [0.3, 0.4) is 0 Å². The number of para-hydroxylation sites is 1. The fourth-order valence-electron chi connectivity index (χ4n) is 1.18. The summed E-state index contributed by atoms with van der Waals surface area (Å²) in [6.45, 7) is 0.522. The highest BCUT2D eigenvalue weighted by molar-refractivity contribution is 5.35. The summed E-state index contributed by atoms with van der Waals surface area (Å²) in [5, 5.41) is 0. The van der Waals surface area contributed by atoms with E-state index >= 15 is 0 Å². The molecule has 0 atom stereocenters. The molecule has 1 rings (SSSR count). The summed E-state index contributed by atoms with van der Waals surface area (Å²) in [6, 6.07) is 4.75. The van der Waals surface area contributed by atoms with Gasteiger partial charge in [0.05, 0.1) is 0 Å². The van der Waals surface area contributed by atoms with Gasteiger partial charge < -0.3 is 10.5 Å². The van der Waals surface area contributed by atoms with Crippen LogP contribution in [-0.4, -0.2) is 13.2 Å². The van der Waals surface area contributed by atoms with Crippen molar-refractivity contribution >= 4 is 0 Å². The lowest BCUT2D eigenvalue weighted by Crippen LogP contribution is -2.06. The van der Waals surface area contributed by atoms with Crippen molar-refractivity contribution in [2.45, 2.75) is 6.42 Å². The molecule has 0 fully saturated rings. The second-order valence-electron chi connectivity index (χ2n) is 2.76. The van der Waals surface area contributed by atoms with E-state index in [1.165, 1.54) is 6.07 Å². The molecule has 0 aliphatic carbocycles. The Balaban J connectivity index is 2.91. The maximum Gasteiger partial charge on any atom is 0.165 e. The van der Waals surface area contributed by atoms with E-state index in [4.69, 9.17) is 16.9 Å². The first kappa shape index (κ1) is 10.6. The van der Waals surface area contributed by atoms with Crippen LogP contribution in [-0.2, 0) is 6.42 Å². The lowest BCUT2D eigenvalue weighted by atomic mass is 10.1. The fourth-order valence-corrected chi connectivity index (χ4v) is 1.18. The summed E-state index contributed by atoms with van der Waals surface area (Å²) in [5.41, 5.74) is 6.14. The summed E-state index contributed by atoms with van der Waals surface area (Å²) in [6.07, 6.45) is 5.61. The fraction of sp³-hybridized carbons (Fsp3) is 0.273. The Morgan fingerprint density at radius 2 is 2.29 bits per heavy atom. The monoisotopic (exact) mass is 193 g/mol. The van der Waals surface area contributed by atoms with Crippen LogP contribution in [0.1, 0.15) is 5.56 Å². The van der Waals surface area contributed by atoms with Crippen molar-refractivity contribution in [3.63, 3.8) is 0 Å². The first-order valence-corrected chi connectivity index (χ1v) is 4.33. The predicted octanol–water partition coefficient (Wildman–Crippen LogP) is 1.34. The van der Waals surface area contributed by atoms with E-state index in [9.17, 15) is 4.39 Å². The number of benzene rings is 1. The van der Waals surface area contributed by atoms with Crippen LogP contribution in [0.5, 0.6) is 5.75 Å². The SMILES string of the molecule is C#CCOc1c(F)cccc1CCN. The molecular formula is C11H12FNO. The highest BCUT2D eigenvalue weighted by atomic mass is 19.1. The van der Waals surface area contributed by atoms with Crippen molar-refractivity contribution in [2.24, 2.45) is 5.73 Å². The van der Waals surface area contributed by atoms with Gasteiger partial charge in [0.1, 0.15) is 6.61 Å². The van der Waals surface area contributed by atoms with Crippen LogP contribution < -0.4 is 10.5 Å². The lowest BCUT2D eigenvalue weighted by molar-refractivity contribution is 0.344. The van der Waals surface area contributed by atoms with Gasteiger partial charge in [-0.3, -0.25) is 0 Å². The maximum absolute atomic E-state index is 13.3. The van der Waals surface area contributed by atoms with Gasteiger partial charge in [0, 0.05) is 0 Å². The summed E-state index contributed by atoms with van der Waals surface area (Å²) < 4.78 is 18.4. The molecule has 74 valence electrons. The second-order valence-corrected chi connectivity index (χ2v) is 2.76. The molecule has 3 heteroatoms. The van der Waals surface area contributed by atoms with Crippen LogP contribution in [0.25, 0.3) is 0 Å². The molecule has 1 aromatic carbocycles. The molecule has 1 aromatic rings. The normalized spacial score (nSPS) is 9.50. The van der Waals surface area contributed by atoms with Gasteiger partial charge in [0.25, 0.3) is 0 Å². The van der Waals surface area contributed by atoms with Crippen LogP contribution in [0.15, 0.2) is 18.2 Å². The number of rotatable bonds is 4. The van der Waals surface area contributed by atoms with Crippen molar-refractivity contribution in [3.8, 4) is 18.1 Å². The first-order valence-electron chi connectivity index (χ1n) is 4.33. The summed E-state index contributed by atoms with van der Waals surface area (Å²) in [5.74, 6) is 2.11. The molecule has 14 heavy (non-hydrogen) atoms. The molecule has 0 heterocycles. The van der Waals surface area contributed by atoms with Crippen LogP contribution >= 0.6 is 0 Å². The molecule has 0 aliphatic rings. The maximum atomic E-state index is 13.3. The Labute approximate surface area is 82.9 Å². The third-order valence-corrected chi connectivity index (χ3v) is 1.76. The zero-order chi connectivity index (χ0) is 10.4. The molecule has 0 bridgehead atoms. The van der Waals surface area contributed by atoms with Crippen LogP contribution in [0, 0.1) is 18.2 Å². The Bertz CT molecular complexity index is 344. The van der Waals surface area contributed by atoms with Gasteiger partial charge in [0.2, 0.25) is 0 Å². The molecule has 0 amide bonds. The first-order chi connectivity index (χ1) is 6.79. The van der Waals surface area contributed by atoms with Gasteiger partial charge in [0.15, 0.2) is 11.6 Å². The van der Waals surface area contributed by atoms with Crippen molar-refractivity contribution in [3.05, 3.63) is 29.6 Å². The van der Waals surface area contributed by atoms with E-state index in [0.717, 1.165) is 5.56 Å². The molecular weight excluding hydrogens is 181 g/mol. The summed E-state index contributed by atoms with van der Waals surface area (Å²) in [4.78, 5) is 0. The van der Waals surface area contributed by atoms with E-state index in [-0.39, 0.29) is 12.4 Å². The van der Waals surface area contributed by atoms with Crippen LogP contribution in [0.2, 0.25) is 0 Å². The highest BCUT2D eigenvalue weighted by Gasteiger charge is 2.08. The van der Waals surface area contributed by atoms with Crippen molar-refractivity contribution in [2.75, 3.05) is 13.2 Å².